The van der Waals surface area contributed by atoms with Gasteiger partial charge in [-0.25, -0.2) is 4.79 Å². The number of nitro benzene ring substituents is 1. The normalized spacial score (nSPS) is 10.2. The number of carbonyl (C=O) groups excluding carboxylic acids is 1. The van der Waals surface area contributed by atoms with Crippen molar-refractivity contribution in [2.24, 2.45) is 0 Å². The van der Waals surface area contributed by atoms with Crippen LogP contribution in [0, 0.1) is 24.0 Å². The molecule has 21 heavy (non-hydrogen) atoms. The number of nitrogens with zero attached hydrogens (tertiary/aromatic N) is 1. The first-order valence-electron chi connectivity index (χ1n) is 6.45. The number of carbonyl (C=O) groups is 1. The molecule has 5 heteroatoms. The number of aryl methyl sites for hydroxylation is 2. The summed E-state index contributed by atoms with van der Waals surface area (Å²) in [5, 5.41) is 10.5. The van der Waals surface area contributed by atoms with E-state index in [0.717, 1.165) is 11.1 Å². The summed E-state index contributed by atoms with van der Waals surface area (Å²) < 4.78 is 5.20. The maximum absolute atomic E-state index is 11.9. The third kappa shape index (κ3) is 3.66. The average molecular weight is 285 g/mol. The van der Waals surface area contributed by atoms with Gasteiger partial charge in [-0.3, -0.25) is 10.1 Å². The summed E-state index contributed by atoms with van der Waals surface area (Å²) in [7, 11) is 0. The second kappa shape index (κ2) is 6.17. The summed E-state index contributed by atoms with van der Waals surface area (Å²) >= 11 is 0. The second-order valence-corrected chi connectivity index (χ2v) is 4.80. The highest BCUT2D eigenvalue weighted by molar-refractivity contribution is 5.89. The topological polar surface area (TPSA) is 69.4 Å². The van der Waals surface area contributed by atoms with Gasteiger partial charge in [-0.05, 0) is 54.8 Å². The molecule has 0 aliphatic carbocycles. The monoisotopic (exact) mass is 285 g/mol. The Morgan fingerprint density at radius 1 is 1.10 bits per heavy atom. The van der Waals surface area contributed by atoms with Crippen LogP contribution in [0.4, 0.5) is 5.69 Å². The van der Waals surface area contributed by atoms with Gasteiger partial charge >= 0.3 is 5.97 Å². The predicted molar refractivity (Wildman–Crippen MR) is 78.1 cm³/mol. The van der Waals surface area contributed by atoms with E-state index in [9.17, 15) is 14.9 Å². The third-order valence-electron chi connectivity index (χ3n) is 3.26. The van der Waals surface area contributed by atoms with Crippen molar-refractivity contribution in [3.05, 3.63) is 74.8 Å². The Hall–Kier alpha value is -2.69. The van der Waals surface area contributed by atoms with Crippen molar-refractivity contribution in [3.63, 3.8) is 0 Å². The van der Waals surface area contributed by atoms with Crippen LogP contribution >= 0.6 is 0 Å². The quantitative estimate of drug-likeness (QED) is 0.489. The lowest BCUT2D eigenvalue weighted by Gasteiger charge is -2.07. The van der Waals surface area contributed by atoms with Crippen molar-refractivity contribution in [2.45, 2.75) is 20.5 Å². The largest absolute Gasteiger partial charge is 0.457 e. The SMILES string of the molecule is Cc1ccc(C(=O)OCc2ccc([N+](=O)[O-])cc2)cc1C. The first-order chi connectivity index (χ1) is 9.97. The first-order valence-corrected chi connectivity index (χ1v) is 6.45. The number of esters is 1. The molecule has 2 aromatic carbocycles. The highest BCUT2D eigenvalue weighted by Gasteiger charge is 2.09. The zero-order chi connectivity index (χ0) is 15.4. The Bertz CT molecular complexity index is 677. The standard InChI is InChI=1S/C16H15NO4/c1-11-3-6-14(9-12(11)2)16(18)21-10-13-4-7-15(8-5-13)17(19)20/h3-9H,10H2,1-2H3. The van der Waals surface area contributed by atoms with Crippen LogP contribution in [-0.2, 0) is 11.3 Å². The Morgan fingerprint density at radius 3 is 2.33 bits per heavy atom. The van der Waals surface area contributed by atoms with Gasteiger partial charge in [0.2, 0.25) is 0 Å². The Kier molecular flexibility index (Phi) is 4.33. The number of rotatable bonds is 4. The number of hydrogen-bond donors (Lipinski definition) is 0. The van der Waals surface area contributed by atoms with Gasteiger partial charge in [0.1, 0.15) is 6.61 Å². The molecule has 0 saturated carbocycles. The van der Waals surface area contributed by atoms with E-state index in [1.54, 1.807) is 24.3 Å². The first kappa shape index (κ1) is 14.7. The number of ether oxygens (including phenoxy) is 1. The molecule has 0 radical (unpaired) electrons. The predicted octanol–water partition coefficient (Wildman–Crippen LogP) is 3.57. The van der Waals surface area contributed by atoms with Crippen molar-refractivity contribution in [1.29, 1.82) is 0 Å². The molecule has 0 aliphatic rings. The van der Waals surface area contributed by atoms with Crippen LogP contribution in [-0.4, -0.2) is 10.9 Å². The molecule has 0 heterocycles. The number of benzene rings is 2. The van der Waals surface area contributed by atoms with E-state index in [-0.39, 0.29) is 12.3 Å². The van der Waals surface area contributed by atoms with Crippen molar-refractivity contribution in [2.75, 3.05) is 0 Å². The minimum atomic E-state index is -0.467. The summed E-state index contributed by atoms with van der Waals surface area (Å²) in [4.78, 5) is 22.0. The summed E-state index contributed by atoms with van der Waals surface area (Å²) in [5.74, 6) is -0.406. The van der Waals surface area contributed by atoms with Crippen LogP contribution in [0.5, 0.6) is 0 Å². The van der Waals surface area contributed by atoms with E-state index < -0.39 is 10.9 Å². The summed E-state index contributed by atoms with van der Waals surface area (Å²) in [5.41, 5.74) is 3.36. The number of non-ortho nitro benzene ring substituents is 1. The van der Waals surface area contributed by atoms with E-state index in [2.05, 4.69) is 0 Å². The lowest BCUT2D eigenvalue weighted by Crippen LogP contribution is -2.05. The van der Waals surface area contributed by atoms with Crippen LogP contribution in [0.25, 0.3) is 0 Å². The molecule has 0 unspecified atom stereocenters. The number of nitro groups is 1. The van der Waals surface area contributed by atoms with Gasteiger partial charge in [-0.2, -0.15) is 0 Å². The van der Waals surface area contributed by atoms with Gasteiger partial charge in [0.25, 0.3) is 5.69 Å². The smallest absolute Gasteiger partial charge is 0.338 e. The molecule has 108 valence electrons. The minimum Gasteiger partial charge on any atom is -0.457 e. The van der Waals surface area contributed by atoms with Crippen molar-refractivity contribution in [3.8, 4) is 0 Å². The number of hydrogen-bond acceptors (Lipinski definition) is 4. The van der Waals surface area contributed by atoms with Crippen LogP contribution in [0.2, 0.25) is 0 Å². The van der Waals surface area contributed by atoms with Crippen molar-refractivity contribution >= 4 is 11.7 Å². The highest BCUT2D eigenvalue weighted by atomic mass is 16.6. The molecular weight excluding hydrogens is 270 g/mol. The van der Waals surface area contributed by atoms with E-state index in [4.69, 9.17) is 4.74 Å². The lowest BCUT2D eigenvalue weighted by atomic mass is 10.1. The fraction of sp³-hybridized carbons (Fsp3) is 0.188. The molecule has 0 aliphatic heterocycles. The van der Waals surface area contributed by atoms with Gasteiger partial charge in [0.15, 0.2) is 0 Å². The summed E-state index contributed by atoms with van der Waals surface area (Å²) in [6, 6.07) is 11.3. The maximum Gasteiger partial charge on any atom is 0.338 e. The molecular formula is C16H15NO4. The molecule has 0 aromatic heterocycles. The van der Waals surface area contributed by atoms with E-state index in [0.29, 0.717) is 11.1 Å². The Morgan fingerprint density at radius 2 is 1.76 bits per heavy atom. The maximum atomic E-state index is 11.9. The lowest BCUT2D eigenvalue weighted by molar-refractivity contribution is -0.384. The van der Waals surface area contributed by atoms with Crippen molar-refractivity contribution in [1.82, 2.24) is 0 Å². The summed E-state index contributed by atoms with van der Waals surface area (Å²) in [6.07, 6.45) is 0. The molecule has 0 atom stereocenters. The Balaban J connectivity index is 2.00. The fourth-order valence-electron chi connectivity index (χ4n) is 1.81. The average Bonchev–Trinajstić information content (AvgIpc) is 2.48. The van der Waals surface area contributed by atoms with Gasteiger partial charge < -0.3 is 4.74 Å². The molecule has 0 saturated heterocycles. The molecule has 0 fully saturated rings. The molecule has 0 amide bonds. The molecule has 2 aromatic rings. The van der Waals surface area contributed by atoms with Crippen LogP contribution in [0.3, 0.4) is 0 Å². The van der Waals surface area contributed by atoms with E-state index in [1.807, 2.05) is 19.9 Å². The fourth-order valence-corrected chi connectivity index (χ4v) is 1.81. The van der Waals surface area contributed by atoms with Gasteiger partial charge in [-0.15, -0.1) is 0 Å². The zero-order valence-corrected chi connectivity index (χ0v) is 11.8. The molecule has 0 spiro atoms. The molecule has 5 nitrogen and oxygen atoms in total. The third-order valence-corrected chi connectivity index (χ3v) is 3.26. The Labute approximate surface area is 122 Å². The van der Waals surface area contributed by atoms with Gasteiger partial charge in [-0.1, -0.05) is 6.07 Å². The van der Waals surface area contributed by atoms with E-state index >= 15 is 0 Å². The van der Waals surface area contributed by atoms with Crippen molar-refractivity contribution < 1.29 is 14.5 Å². The second-order valence-electron chi connectivity index (χ2n) is 4.80. The zero-order valence-electron chi connectivity index (χ0n) is 11.8. The molecule has 2 rings (SSSR count). The van der Waals surface area contributed by atoms with E-state index in [1.165, 1.54) is 12.1 Å². The molecule has 0 bridgehead atoms. The van der Waals surface area contributed by atoms with Crippen LogP contribution < -0.4 is 0 Å². The highest BCUT2D eigenvalue weighted by Crippen LogP contribution is 2.14. The van der Waals surface area contributed by atoms with Gasteiger partial charge in [0, 0.05) is 12.1 Å². The van der Waals surface area contributed by atoms with Gasteiger partial charge in [0.05, 0.1) is 10.5 Å². The molecule has 0 N–H and O–H groups in total. The minimum absolute atomic E-state index is 0.0132. The van der Waals surface area contributed by atoms with Crippen LogP contribution in [0.1, 0.15) is 27.0 Å². The van der Waals surface area contributed by atoms with Crippen LogP contribution in [0.15, 0.2) is 42.5 Å². The summed E-state index contributed by atoms with van der Waals surface area (Å²) in [6.45, 7) is 3.99.